The number of para-hydroxylation sites is 2. The summed E-state index contributed by atoms with van der Waals surface area (Å²) in [4.78, 5) is 36.6. The van der Waals surface area contributed by atoms with Crippen LogP contribution in [0.3, 0.4) is 0 Å². The van der Waals surface area contributed by atoms with Gasteiger partial charge in [0.2, 0.25) is 11.8 Å². The minimum Gasteiger partial charge on any atom is -0.340 e. The molecule has 0 spiro atoms. The number of carbonyl (C=O) groups excluding carboxylic acids is 2. The highest BCUT2D eigenvalue weighted by molar-refractivity contribution is 9.10. The third kappa shape index (κ3) is 3.47. The molecule has 2 amide bonds. The van der Waals surface area contributed by atoms with Crippen molar-refractivity contribution in [2.24, 2.45) is 5.92 Å². The summed E-state index contributed by atoms with van der Waals surface area (Å²) in [6.07, 6.45) is 0.522. The van der Waals surface area contributed by atoms with Crippen LogP contribution >= 0.6 is 15.9 Å². The van der Waals surface area contributed by atoms with E-state index in [0.717, 1.165) is 21.2 Å². The van der Waals surface area contributed by atoms with Crippen LogP contribution in [-0.4, -0.2) is 40.3 Å². The summed E-state index contributed by atoms with van der Waals surface area (Å²) in [7, 11) is 1.71. The molecule has 3 aromatic rings. The molecule has 0 bridgehead atoms. The third-order valence-corrected chi connectivity index (χ3v) is 5.32. The second kappa shape index (κ2) is 7.15. The molecule has 27 heavy (non-hydrogen) atoms. The Balaban J connectivity index is 1.46. The first-order valence-corrected chi connectivity index (χ1v) is 9.58. The molecular weight excluding hydrogens is 408 g/mol. The molecule has 4 rings (SSSR count). The first-order valence-electron chi connectivity index (χ1n) is 8.78. The number of carbonyl (C=O) groups is 2. The minimum atomic E-state index is -0.640. The van der Waals surface area contributed by atoms with E-state index >= 15 is 0 Å². The van der Waals surface area contributed by atoms with E-state index in [0.29, 0.717) is 25.3 Å². The van der Waals surface area contributed by atoms with E-state index in [9.17, 15) is 9.59 Å². The lowest BCUT2D eigenvalue weighted by molar-refractivity contribution is -0.139. The molecule has 1 unspecified atom stereocenters. The highest BCUT2D eigenvalue weighted by atomic mass is 79.9. The van der Waals surface area contributed by atoms with Crippen LogP contribution in [-0.2, 0) is 16.1 Å². The number of aromatic amines is 1. The van der Waals surface area contributed by atoms with Gasteiger partial charge in [0.1, 0.15) is 11.7 Å². The molecule has 2 heterocycles. The van der Waals surface area contributed by atoms with Gasteiger partial charge in [-0.05, 0) is 36.8 Å². The Morgan fingerprint density at radius 1 is 1.30 bits per heavy atom. The van der Waals surface area contributed by atoms with E-state index in [4.69, 9.17) is 0 Å². The SMILES string of the molecule is CN(Cc1nc2ccccc2[nH]1)C(=O)C1CCN(c2cccc(Br)c2)C1=O. The van der Waals surface area contributed by atoms with Crippen LogP contribution in [0.25, 0.3) is 11.0 Å². The Labute approximate surface area is 165 Å². The maximum absolute atomic E-state index is 12.8. The molecule has 0 saturated carbocycles. The van der Waals surface area contributed by atoms with Gasteiger partial charge in [-0.25, -0.2) is 4.98 Å². The van der Waals surface area contributed by atoms with Crippen LogP contribution in [0, 0.1) is 5.92 Å². The molecule has 0 aliphatic carbocycles. The summed E-state index contributed by atoms with van der Waals surface area (Å²) in [5, 5.41) is 0. The van der Waals surface area contributed by atoms with Crippen LogP contribution in [0.4, 0.5) is 5.69 Å². The van der Waals surface area contributed by atoms with Crippen LogP contribution < -0.4 is 4.90 Å². The second-order valence-electron chi connectivity index (χ2n) is 6.71. The zero-order valence-corrected chi connectivity index (χ0v) is 16.4. The van der Waals surface area contributed by atoms with Crippen LogP contribution in [0.1, 0.15) is 12.2 Å². The Bertz CT molecular complexity index is 983. The summed E-state index contributed by atoms with van der Waals surface area (Å²) in [5.41, 5.74) is 2.61. The van der Waals surface area contributed by atoms with Crippen molar-refractivity contribution < 1.29 is 9.59 Å². The molecule has 1 aromatic heterocycles. The highest BCUT2D eigenvalue weighted by Gasteiger charge is 2.39. The molecule has 1 fully saturated rings. The standard InChI is InChI=1S/C20H19BrN4O2/c1-24(12-18-22-16-7-2-3-8-17(16)23-18)19(26)15-9-10-25(20(15)27)14-6-4-5-13(21)11-14/h2-8,11,15H,9-10,12H2,1H3,(H,22,23). The van der Waals surface area contributed by atoms with Crippen molar-refractivity contribution in [3.8, 4) is 0 Å². The predicted molar refractivity (Wildman–Crippen MR) is 107 cm³/mol. The average Bonchev–Trinajstić information content (AvgIpc) is 3.23. The fourth-order valence-corrected chi connectivity index (χ4v) is 3.85. The number of nitrogens with zero attached hydrogens (tertiary/aromatic N) is 3. The Hall–Kier alpha value is -2.67. The van der Waals surface area contributed by atoms with Gasteiger partial charge in [0, 0.05) is 23.8 Å². The number of aromatic nitrogens is 2. The molecule has 138 valence electrons. The number of imidazole rings is 1. The van der Waals surface area contributed by atoms with Gasteiger partial charge < -0.3 is 14.8 Å². The zero-order valence-electron chi connectivity index (χ0n) is 14.9. The van der Waals surface area contributed by atoms with Gasteiger partial charge in [0.15, 0.2) is 0 Å². The Morgan fingerprint density at radius 2 is 2.11 bits per heavy atom. The van der Waals surface area contributed by atoms with E-state index in [1.807, 2.05) is 48.5 Å². The Morgan fingerprint density at radius 3 is 2.89 bits per heavy atom. The van der Waals surface area contributed by atoms with Gasteiger partial charge in [-0.15, -0.1) is 0 Å². The van der Waals surface area contributed by atoms with Gasteiger partial charge >= 0.3 is 0 Å². The smallest absolute Gasteiger partial charge is 0.239 e. The molecule has 1 atom stereocenters. The van der Waals surface area contributed by atoms with Crippen molar-refractivity contribution in [1.82, 2.24) is 14.9 Å². The van der Waals surface area contributed by atoms with Gasteiger partial charge in [0.25, 0.3) is 0 Å². The molecule has 0 radical (unpaired) electrons. The highest BCUT2D eigenvalue weighted by Crippen LogP contribution is 2.28. The summed E-state index contributed by atoms with van der Waals surface area (Å²) in [6, 6.07) is 15.3. The molecule has 6 nitrogen and oxygen atoms in total. The molecule has 1 saturated heterocycles. The lowest BCUT2D eigenvalue weighted by atomic mass is 10.1. The van der Waals surface area contributed by atoms with Crippen molar-refractivity contribution in [3.63, 3.8) is 0 Å². The largest absolute Gasteiger partial charge is 0.340 e. The van der Waals surface area contributed by atoms with Crippen molar-refractivity contribution in [2.75, 3.05) is 18.5 Å². The van der Waals surface area contributed by atoms with Crippen LogP contribution in [0.2, 0.25) is 0 Å². The molecule has 2 aromatic carbocycles. The lowest BCUT2D eigenvalue weighted by Gasteiger charge is -2.20. The van der Waals surface area contributed by atoms with E-state index in [-0.39, 0.29) is 11.8 Å². The number of anilines is 1. The van der Waals surface area contributed by atoms with Gasteiger partial charge in [-0.2, -0.15) is 0 Å². The summed E-state index contributed by atoms with van der Waals surface area (Å²) < 4.78 is 0.907. The number of H-pyrrole nitrogens is 1. The summed E-state index contributed by atoms with van der Waals surface area (Å²) in [6.45, 7) is 0.887. The van der Waals surface area contributed by atoms with Crippen molar-refractivity contribution in [3.05, 3.63) is 58.8 Å². The molecule has 1 aliphatic heterocycles. The first-order chi connectivity index (χ1) is 13.0. The van der Waals surface area contributed by atoms with E-state index in [2.05, 4.69) is 25.9 Å². The number of nitrogens with one attached hydrogen (secondary N) is 1. The number of fused-ring (bicyclic) bond motifs is 1. The maximum atomic E-state index is 12.8. The van der Waals surface area contributed by atoms with Gasteiger partial charge in [0.05, 0.1) is 17.6 Å². The van der Waals surface area contributed by atoms with Crippen molar-refractivity contribution in [1.29, 1.82) is 0 Å². The number of benzene rings is 2. The monoisotopic (exact) mass is 426 g/mol. The maximum Gasteiger partial charge on any atom is 0.239 e. The zero-order chi connectivity index (χ0) is 19.0. The summed E-state index contributed by atoms with van der Waals surface area (Å²) >= 11 is 3.42. The van der Waals surface area contributed by atoms with Crippen LogP contribution in [0.5, 0.6) is 0 Å². The van der Waals surface area contributed by atoms with Gasteiger partial charge in [-0.1, -0.05) is 34.1 Å². The lowest BCUT2D eigenvalue weighted by Crippen LogP contribution is -2.38. The predicted octanol–water partition coefficient (Wildman–Crippen LogP) is 3.34. The first kappa shape index (κ1) is 17.7. The number of hydrogen-bond acceptors (Lipinski definition) is 3. The third-order valence-electron chi connectivity index (χ3n) is 4.83. The van der Waals surface area contributed by atoms with Gasteiger partial charge in [-0.3, -0.25) is 9.59 Å². The van der Waals surface area contributed by atoms with E-state index in [1.54, 1.807) is 16.8 Å². The van der Waals surface area contributed by atoms with Crippen molar-refractivity contribution >= 4 is 44.5 Å². The fourth-order valence-electron chi connectivity index (χ4n) is 3.46. The Kier molecular flexibility index (Phi) is 4.70. The quantitative estimate of drug-likeness (QED) is 0.650. The average molecular weight is 427 g/mol. The second-order valence-corrected chi connectivity index (χ2v) is 7.62. The van der Waals surface area contributed by atoms with E-state index < -0.39 is 5.92 Å². The topological polar surface area (TPSA) is 69.3 Å². The number of amides is 2. The molecule has 1 aliphatic rings. The normalized spacial score (nSPS) is 16.9. The van der Waals surface area contributed by atoms with E-state index in [1.165, 1.54) is 0 Å². The van der Waals surface area contributed by atoms with Crippen LogP contribution in [0.15, 0.2) is 53.0 Å². The molecule has 7 heteroatoms. The fraction of sp³-hybridized carbons (Fsp3) is 0.250. The molecule has 1 N–H and O–H groups in total. The summed E-state index contributed by atoms with van der Waals surface area (Å²) in [5.74, 6) is -0.243. The molecular formula is C20H19BrN4O2. The number of hydrogen-bond donors (Lipinski definition) is 1. The number of rotatable bonds is 4. The minimum absolute atomic E-state index is 0.144. The number of halogens is 1. The van der Waals surface area contributed by atoms with Crippen molar-refractivity contribution in [2.45, 2.75) is 13.0 Å².